The van der Waals surface area contributed by atoms with Gasteiger partial charge in [-0.05, 0) is 23.6 Å². The SMILES string of the molecule is CO[C@@H]1OC(C)/C(=C/OCc2ccccc2)[C@H](OCc2ccccc2)[C@H]1OCc1ccccc1. The van der Waals surface area contributed by atoms with E-state index < -0.39 is 18.5 Å². The lowest BCUT2D eigenvalue weighted by Gasteiger charge is -2.41. The second-order valence-corrected chi connectivity index (χ2v) is 8.28. The first kappa shape index (κ1) is 24.2. The highest BCUT2D eigenvalue weighted by Gasteiger charge is 2.43. The molecule has 1 saturated heterocycles. The lowest BCUT2D eigenvalue weighted by molar-refractivity contribution is -0.258. The van der Waals surface area contributed by atoms with Crippen LogP contribution in [0, 0.1) is 0 Å². The van der Waals surface area contributed by atoms with Crippen molar-refractivity contribution in [3.63, 3.8) is 0 Å². The van der Waals surface area contributed by atoms with Crippen LogP contribution in [-0.2, 0) is 43.5 Å². The van der Waals surface area contributed by atoms with Crippen LogP contribution in [-0.4, -0.2) is 31.7 Å². The number of methoxy groups -OCH3 is 1. The zero-order valence-corrected chi connectivity index (χ0v) is 19.7. The summed E-state index contributed by atoms with van der Waals surface area (Å²) in [7, 11) is 1.63. The summed E-state index contributed by atoms with van der Waals surface area (Å²) < 4.78 is 30.6. The first-order valence-electron chi connectivity index (χ1n) is 11.6. The Morgan fingerprint density at radius 3 is 1.74 bits per heavy atom. The van der Waals surface area contributed by atoms with Crippen molar-refractivity contribution < 1.29 is 23.7 Å². The van der Waals surface area contributed by atoms with Crippen LogP contribution in [0.2, 0.25) is 0 Å². The second kappa shape index (κ2) is 12.5. The van der Waals surface area contributed by atoms with Gasteiger partial charge >= 0.3 is 0 Å². The summed E-state index contributed by atoms with van der Waals surface area (Å²) in [5.74, 6) is 0. The minimum atomic E-state index is -0.564. The fraction of sp³-hybridized carbons (Fsp3) is 0.310. The molecule has 34 heavy (non-hydrogen) atoms. The smallest absolute Gasteiger partial charge is 0.186 e. The molecule has 3 aromatic rings. The van der Waals surface area contributed by atoms with Gasteiger partial charge in [0.05, 0.1) is 25.6 Å². The second-order valence-electron chi connectivity index (χ2n) is 8.28. The first-order chi connectivity index (χ1) is 16.7. The number of hydrogen-bond donors (Lipinski definition) is 0. The Kier molecular flexibility index (Phi) is 8.88. The molecule has 0 aliphatic carbocycles. The minimum Gasteiger partial charge on any atom is -0.496 e. The largest absolute Gasteiger partial charge is 0.496 e. The van der Waals surface area contributed by atoms with Crippen LogP contribution in [0.1, 0.15) is 23.6 Å². The fourth-order valence-corrected chi connectivity index (χ4v) is 3.97. The van der Waals surface area contributed by atoms with E-state index in [4.69, 9.17) is 23.7 Å². The number of benzene rings is 3. The third kappa shape index (κ3) is 6.55. The van der Waals surface area contributed by atoms with Gasteiger partial charge in [0, 0.05) is 12.7 Å². The summed E-state index contributed by atoms with van der Waals surface area (Å²) in [6.45, 7) is 3.31. The van der Waals surface area contributed by atoms with E-state index in [-0.39, 0.29) is 6.10 Å². The highest BCUT2D eigenvalue weighted by Crippen LogP contribution is 2.32. The quantitative estimate of drug-likeness (QED) is 0.366. The Morgan fingerprint density at radius 2 is 1.21 bits per heavy atom. The lowest BCUT2D eigenvalue weighted by Crippen LogP contribution is -2.52. The maximum absolute atomic E-state index is 6.45. The van der Waals surface area contributed by atoms with Crippen LogP contribution in [0.5, 0.6) is 0 Å². The zero-order chi connectivity index (χ0) is 23.6. The Balaban J connectivity index is 1.54. The van der Waals surface area contributed by atoms with Gasteiger partial charge < -0.3 is 23.7 Å². The average Bonchev–Trinajstić information content (AvgIpc) is 2.89. The molecule has 0 saturated carbocycles. The Hall–Kier alpha value is -2.96. The Labute approximate surface area is 201 Å². The molecule has 0 aromatic heterocycles. The molecular weight excluding hydrogens is 428 g/mol. The Morgan fingerprint density at radius 1 is 0.706 bits per heavy atom. The van der Waals surface area contributed by atoms with Crippen LogP contribution in [0.15, 0.2) is 103 Å². The predicted molar refractivity (Wildman–Crippen MR) is 131 cm³/mol. The van der Waals surface area contributed by atoms with Gasteiger partial charge in [0.15, 0.2) is 6.29 Å². The summed E-state index contributed by atoms with van der Waals surface area (Å²) >= 11 is 0. The van der Waals surface area contributed by atoms with Crippen molar-refractivity contribution in [2.24, 2.45) is 0 Å². The van der Waals surface area contributed by atoms with Gasteiger partial charge in [0.1, 0.15) is 18.8 Å². The number of hydrogen-bond acceptors (Lipinski definition) is 5. The average molecular weight is 461 g/mol. The molecule has 5 heteroatoms. The van der Waals surface area contributed by atoms with Gasteiger partial charge in [-0.3, -0.25) is 0 Å². The standard InChI is InChI=1S/C29H32O5/c1-22-26(21-31-18-23-12-6-3-7-13-23)27(32-19-24-14-8-4-9-15-24)28(29(30-2)34-22)33-20-25-16-10-5-11-17-25/h3-17,21-22,27-29H,18-20H2,1-2H3/b26-21-/t22?,27-,28+,29+/m0/s1. The van der Waals surface area contributed by atoms with Crippen LogP contribution >= 0.6 is 0 Å². The summed E-state index contributed by atoms with van der Waals surface area (Å²) in [4.78, 5) is 0. The third-order valence-corrected chi connectivity index (χ3v) is 5.81. The topological polar surface area (TPSA) is 46.2 Å². The molecule has 1 unspecified atom stereocenters. The van der Waals surface area contributed by atoms with E-state index in [0.29, 0.717) is 19.8 Å². The summed E-state index contributed by atoms with van der Waals surface area (Å²) in [6, 6.07) is 30.2. The third-order valence-electron chi connectivity index (χ3n) is 5.81. The van der Waals surface area contributed by atoms with Gasteiger partial charge in [-0.2, -0.15) is 0 Å². The van der Waals surface area contributed by atoms with Crippen LogP contribution in [0.25, 0.3) is 0 Å². The molecule has 0 spiro atoms. The molecule has 0 bridgehead atoms. The summed E-state index contributed by atoms with van der Waals surface area (Å²) in [5.41, 5.74) is 4.14. The van der Waals surface area contributed by atoms with Crippen LogP contribution in [0.4, 0.5) is 0 Å². The van der Waals surface area contributed by atoms with Gasteiger partial charge in [0.2, 0.25) is 0 Å². The lowest BCUT2D eigenvalue weighted by atomic mass is 9.96. The van der Waals surface area contributed by atoms with E-state index in [1.807, 2.05) is 97.9 Å². The molecule has 1 aliphatic rings. The number of ether oxygens (including phenoxy) is 5. The molecule has 1 aliphatic heterocycles. The van der Waals surface area contributed by atoms with Crippen LogP contribution in [0.3, 0.4) is 0 Å². The molecule has 1 heterocycles. The van der Waals surface area contributed by atoms with Crippen molar-refractivity contribution in [1.29, 1.82) is 0 Å². The number of rotatable bonds is 10. The van der Waals surface area contributed by atoms with E-state index in [0.717, 1.165) is 22.3 Å². The highest BCUT2D eigenvalue weighted by atomic mass is 16.7. The van der Waals surface area contributed by atoms with Crippen molar-refractivity contribution in [1.82, 2.24) is 0 Å². The van der Waals surface area contributed by atoms with Gasteiger partial charge in [-0.15, -0.1) is 0 Å². The van der Waals surface area contributed by atoms with E-state index in [9.17, 15) is 0 Å². The van der Waals surface area contributed by atoms with Crippen molar-refractivity contribution in [2.75, 3.05) is 7.11 Å². The monoisotopic (exact) mass is 460 g/mol. The van der Waals surface area contributed by atoms with Crippen molar-refractivity contribution in [3.05, 3.63) is 120 Å². The molecule has 0 amide bonds. The van der Waals surface area contributed by atoms with Gasteiger partial charge in [-0.25, -0.2) is 0 Å². The fourth-order valence-electron chi connectivity index (χ4n) is 3.97. The van der Waals surface area contributed by atoms with E-state index in [1.165, 1.54) is 0 Å². The maximum atomic E-state index is 6.45. The van der Waals surface area contributed by atoms with Crippen LogP contribution < -0.4 is 0 Å². The van der Waals surface area contributed by atoms with Crippen molar-refractivity contribution >= 4 is 0 Å². The molecular formula is C29H32O5. The molecule has 4 rings (SSSR count). The molecule has 3 aromatic carbocycles. The van der Waals surface area contributed by atoms with Crippen molar-refractivity contribution in [2.45, 2.75) is 51.3 Å². The molecule has 0 N–H and O–H groups in total. The van der Waals surface area contributed by atoms with E-state index in [1.54, 1.807) is 13.4 Å². The molecule has 4 atom stereocenters. The van der Waals surface area contributed by atoms with E-state index >= 15 is 0 Å². The Bertz CT molecular complexity index is 1010. The first-order valence-corrected chi connectivity index (χ1v) is 11.6. The minimum absolute atomic E-state index is 0.252. The zero-order valence-electron chi connectivity index (χ0n) is 19.7. The molecule has 1 fully saturated rings. The normalized spacial score (nSPS) is 23.6. The molecule has 5 nitrogen and oxygen atoms in total. The van der Waals surface area contributed by atoms with Gasteiger partial charge in [-0.1, -0.05) is 91.0 Å². The highest BCUT2D eigenvalue weighted by molar-refractivity contribution is 5.20. The predicted octanol–water partition coefficient (Wildman–Crippen LogP) is 5.65. The summed E-state index contributed by atoms with van der Waals surface area (Å²) in [5, 5.41) is 0. The maximum Gasteiger partial charge on any atom is 0.186 e. The van der Waals surface area contributed by atoms with Gasteiger partial charge in [0.25, 0.3) is 0 Å². The summed E-state index contributed by atoms with van der Waals surface area (Å²) in [6.07, 6.45) is 0.0897. The molecule has 0 radical (unpaired) electrons. The molecule has 178 valence electrons. The van der Waals surface area contributed by atoms with E-state index in [2.05, 4.69) is 0 Å². The van der Waals surface area contributed by atoms with Crippen molar-refractivity contribution in [3.8, 4) is 0 Å².